The number of carboxylic acids is 1. The molecule has 0 saturated heterocycles. The summed E-state index contributed by atoms with van der Waals surface area (Å²) in [6.45, 7) is 3.49. The van der Waals surface area contributed by atoms with Crippen LogP contribution in [0.25, 0.3) is 0 Å². The first kappa shape index (κ1) is 16.8. The van der Waals surface area contributed by atoms with Crippen molar-refractivity contribution in [1.29, 1.82) is 0 Å². The molecule has 2 N–H and O–H groups in total. The molecule has 5 nitrogen and oxygen atoms in total. The van der Waals surface area contributed by atoms with Crippen LogP contribution in [0.15, 0.2) is 12.1 Å². The molecular formula is C13H15Cl2NO4. The Kier molecular flexibility index (Phi) is 5.39. The molecule has 1 rings (SSSR count). The van der Waals surface area contributed by atoms with Crippen molar-refractivity contribution < 1.29 is 19.4 Å². The smallest absolute Gasteiger partial charge is 0.337 e. The first-order valence-corrected chi connectivity index (χ1v) is 6.49. The zero-order valence-electron chi connectivity index (χ0n) is 11.3. The molecule has 1 amide bonds. The molecule has 1 aromatic carbocycles. The largest absolute Gasteiger partial charge is 0.478 e. The van der Waals surface area contributed by atoms with E-state index >= 15 is 0 Å². The number of nitrogens with one attached hydrogen (secondary N) is 1. The Hall–Kier alpha value is -1.30. The van der Waals surface area contributed by atoms with E-state index in [-0.39, 0.29) is 27.7 Å². The Balaban J connectivity index is 3.03. The maximum atomic E-state index is 11.9. The first-order valence-electron chi connectivity index (χ1n) is 5.73. The Bertz CT molecular complexity index is 543. The lowest BCUT2D eigenvalue weighted by Gasteiger charge is -2.22. The van der Waals surface area contributed by atoms with Crippen molar-refractivity contribution in [3.05, 3.63) is 27.7 Å². The predicted octanol–water partition coefficient (Wildman–Crippen LogP) is 3.45. The maximum Gasteiger partial charge on any atom is 0.337 e. The second-order valence-electron chi connectivity index (χ2n) is 4.80. The lowest BCUT2D eigenvalue weighted by atomic mass is 10.0. The quantitative estimate of drug-likeness (QED) is 0.871. The third-order valence-corrected chi connectivity index (χ3v) is 3.21. The van der Waals surface area contributed by atoms with Crippen LogP contribution >= 0.6 is 23.2 Å². The van der Waals surface area contributed by atoms with E-state index in [2.05, 4.69) is 5.32 Å². The topological polar surface area (TPSA) is 75.6 Å². The second kappa shape index (κ2) is 6.43. The van der Waals surface area contributed by atoms with E-state index in [1.165, 1.54) is 19.2 Å². The number of hydrogen-bond acceptors (Lipinski definition) is 3. The number of rotatable bonds is 5. The molecule has 7 heteroatoms. The van der Waals surface area contributed by atoms with Crippen molar-refractivity contribution >= 4 is 40.8 Å². The molecule has 0 unspecified atom stereocenters. The molecule has 0 saturated carbocycles. The van der Waals surface area contributed by atoms with Crippen LogP contribution in [-0.2, 0) is 9.53 Å². The number of ether oxygens (including phenoxy) is 1. The van der Waals surface area contributed by atoms with E-state index in [9.17, 15) is 9.59 Å². The number of anilines is 1. The number of methoxy groups -OCH3 is 1. The highest BCUT2D eigenvalue weighted by atomic mass is 35.5. The molecule has 0 fully saturated rings. The van der Waals surface area contributed by atoms with Gasteiger partial charge in [0.15, 0.2) is 0 Å². The van der Waals surface area contributed by atoms with Gasteiger partial charge in [-0.3, -0.25) is 4.79 Å². The molecule has 0 atom stereocenters. The van der Waals surface area contributed by atoms with Gasteiger partial charge in [-0.1, -0.05) is 23.2 Å². The minimum Gasteiger partial charge on any atom is -0.478 e. The summed E-state index contributed by atoms with van der Waals surface area (Å²) in [6.07, 6.45) is 0.0571. The summed E-state index contributed by atoms with van der Waals surface area (Å²) in [5.41, 5.74) is -0.793. The van der Waals surface area contributed by atoms with Gasteiger partial charge in [-0.25, -0.2) is 4.79 Å². The minimum absolute atomic E-state index is 0.0282. The molecule has 0 aliphatic heterocycles. The first-order chi connectivity index (χ1) is 9.16. The summed E-state index contributed by atoms with van der Waals surface area (Å²) in [5.74, 6) is -1.63. The molecule has 0 spiro atoms. The fourth-order valence-electron chi connectivity index (χ4n) is 1.51. The molecule has 20 heavy (non-hydrogen) atoms. The number of amides is 1. The van der Waals surface area contributed by atoms with Crippen molar-refractivity contribution in [2.45, 2.75) is 25.9 Å². The highest BCUT2D eigenvalue weighted by molar-refractivity contribution is 6.37. The van der Waals surface area contributed by atoms with Gasteiger partial charge < -0.3 is 15.2 Å². The zero-order valence-corrected chi connectivity index (χ0v) is 12.8. The van der Waals surface area contributed by atoms with Crippen LogP contribution in [0, 0.1) is 0 Å². The monoisotopic (exact) mass is 319 g/mol. The van der Waals surface area contributed by atoms with Gasteiger partial charge >= 0.3 is 5.97 Å². The summed E-state index contributed by atoms with van der Waals surface area (Å²) in [4.78, 5) is 23.1. The molecule has 110 valence electrons. The average molecular weight is 320 g/mol. The second-order valence-corrected chi connectivity index (χ2v) is 5.65. The fourth-order valence-corrected chi connectivity index (χ4v) is 2.05. The Morgan fingerprint density at radius 3 is 2.45 bits per heavy atom. The number of halogens is 2. The molecule has 0 aromatic heterocycles. The van der Waals surface area contributed by atoms with E-state index in [4.69, 9.17) is 33.0 Å². The van der Waals surface area contributed by atoms with Gasteiger partial charge in [0.05, 0.1) is 28.3 Å². The van der Waals surface area contributed by atoms with Crippen molar-refractivity contribution in [3.8, 4) is 0 Å². The molecule has 0 bridgehead atoms. The van der Waals surface area contributed by atoms with Gasteiger partial charge in [-0.05, 0) is 26.0 Å². The summed E-state index contributed by atoms with van der Waals surface area (Å²) < 4.78 is 5.14. The zero-order chi connectivity index (χ0) is 15.5. The Labute approximate surface area is 126 Å². The summed E-state index contributed by atoms with van der Waals surface area (Å²) in [5, 5.41) is 11.9. The van der Waals surface area contributed by atoms with Gasteiger partial charge in [0.25, 0.3) is 0 Å². The number of aromatic carboxylic acids is 1. The van der Waals surface area contributed by atoms with Crippen molar-refractivity contribution in [2.75, 3.05) is 12.4 Å². The lowest BCUT2D eigenvalue weighted by Crippen LogP contribution is -2.30. The van der Waals surface area contributed by atoms with E-state index in [1.807, 2.05) is 0 Å². The lowest BCUT2D eigenvalue weighted by molar-refractivity contribution is -0.121. The number of carboxylic acid groups (broad SMARTS) is 1. The molecule has 0 aliphatic carbocycles. The van der Waals surface area contributed by atoms with Crippen LogP contribution in [0.3, 0.4) is 0 Å². The van der Waals surface area contributed by atoms with Crippen LogP contribution in [-0.4, -0.2) is 29.7 Å². The third kappa shape index (κ3) is 4.37. The van der Waals surface area contributed by atoms with Gasteiger partial charge in [0, 0.05) is 12.1 Å². The van der Waals surface area contributed by atoms with E-state index in [0.29, 0.717) is 0 Å². The molecule has 0 radical (unpaired) electrons. The van der Waals surface area contributed by atoms with Crippen LogP contribution in [0.4, 0.5) is 5.69 Å². The van der Waals surface area contributed by atoms with Crippen LogP contribution in [0.1, 0.15) is 30.6 Å². The SMILES string of the molecule is COC(C)(C)CC(=O)Nc1c(Cl)cc(Cl)cc1C(=O)O. The molecule has 1 aromatic rings. The highest BCUT2D eigenvalue weighted by Gasteiger charge is 2.23. The normalized spacial score (nSPS) is 11.2. The Morgan fingerprint density at radius 1 is 1.35 bits per heavy atom. The van der Waals surface area contributed by atoms with Crippen molar-refractivity contribution in [3.63, 3.8) is 0 Å². The van der Waals surface area contributed by atoms with Gasteiger partial charge in [-0.2, -0.15) is 0 Å². The van der Waals surface area contributed by atoms with Crippen LogP contribution in [0.5, 0.6) is 0 Å². The number of benzene rings is 1. The summed E-state index contributed by atoms with van der Waals surface area (Å²) in [6, 6.07) is 2.60. The number of carbonyl (C=O) groups is 2. The average Bonchev–Trinajstić information content (AvgIpc) is 2.31. The summed E-state index contributed by atoms with van der Waals surface area (Å²) in [7, 11) is 1.49. The maximum absolute atomic E-state index is 11.9. The highest BCUT2D eigenvalue weighted by Crippen LogP contribution is 2.30. The molecule has 0 heterocycles. The summed E-state index contributed by atoms with van der Waals surface area (Å²) >= 11 is 11.7. The van der Waals surface area contributed by atoms with Gasteiger partial charge in [0.2, 0.25) is 5.91 Å². The Morgan fingerprint density at radius 2 is 1.95 bits per heavy atom. The predicted molar refractivity (Wildman–Crippen MR) is 77.8 cm³/mol. The van der Waals surface area contributed by atoms with E-state index in [0.717, 1.165) is 0 Å². The van der Waals surface area contributed by atoms with Crippen LogP contribution in [0.2, 0.25) is 10.0 Å². The van der Waals surface area contributed by atoms with Crippen LogP contribution < -0.4 is 5.32 Å². The minimum atomic E-state index is -1.23. The standard InChI is InChI=1S/C13H15Cl2NO4/c1-13(2,20-3)6-10(17)16-11-8(12(18)19)4-7(14)5-9(11)15/h4-5H,6H2,1-3H3,(H,16,17)(H,18,19). The molecular weight excluding hydrogens is 305 g/mol. The van der Waals surface area contributed by atoms with Gasteiger partial charge in [0.1, 0.15) is 0 Å². The van der Waals surface area contributed by atoms with Gasteiger partial charge in [-0.15, -0.1) is 0 Å². The van der Waals surface area contributed by atoms with Crippen molar-refractivity contribution in [1.82, 2.24) is 0 Å². The third-order valence-electron chi connectivity index (χ3n) is 2.69. The number of carbonyl (C=O) groups excluding carboxylic acids is 1. The van der Waals surface area contributed by atoms with E-state index < -0.39 is 17.5 Å². The van der Waals surface area contributed by atoms with Crippen molar-refractivity contribution in [2.24, 2.45) is 0 Å². The molecule has 0 aliphatic rings. The van der Waals surface area contributed by atoms with E-state index in [1.54, 1.807) is 13.8 Å². The number of hydrogen-bond donors (Lipinski definition) is 2. The fraction of sp³-hybridized carbons (Fsp3) is 0.385.